The first-order chi connectivity index (χ1) is 14.0. The molecule has 0 radical (unpaired) electrons. The summed E-state index contributed by atoms with van der Waals surface area (Å²) in [7, 11) is 0. The highest BCUT2D eigenvalue weighted by molar-refractivity contribution is 6.30. The molecule has 0 aliphatic carbocycles. The van der Waals surface area contributed by atoms with Crippen molar-refractivity contribution in [2.45, 2.75) is 13.1 Å². The number of pyridine rings is 2. The molecule has 0 amide bonds. The van der Waals surface area contributed by atoms with Gasteiger partial charge in [-0.3, -0.25) is 23.7 Å². The molecule has 7 nitrogen and oxygen atoms in total. The lowest BCUT2D eigenvalue weighted by Crippen LogP contribution is -2.41. The van der Waals surface area contributed by atoms with Crippen LogP contribution in [-0.4, -0.2) is 24.9 Å². The molecule has 0 N–H and O–H groups in total. The van der Waals surface area contributed by atoms with Crippen LogP contribution in [0.5, 0.6) is 0 Å². The van der Waals surface area contributed by atoms with E-state index in [1.807, 2.05) is 0 Å². The number of aromatic nitrogens is 4. The predicted molar refractivity (Wildman–Crippen MR) is 109 cm³/mol. The number of hydrogen-bond acceptors (Lipinski definition) is 5. The number of benzene rings is 1. The predicted octanol–water partition coefficient (Wildman–Crippen LogP) is 2.54. The summed E-state index contributed by atoms with van der Waals surface area (Å²) in [6.45, 7) is -0.166. The van der Waals surface area contributed by atoms with Crippen molar-refractivity contribution in [2.75, 3.05) is 0 Å². The second kappa shape index (κ2) is 7.81. The van der Waals surface area contributed by atoms with E-state index in [1.165, 1.54) is 10.8 Å². The highest BCUT2D eigenvalue weighted by Crippen LogP contribution is 2.12. The van der Waals surface area contributed by atoms with E-state index in [2.05, 4.69) is 9.97 Å². The SMILES string of the molecule is O=C(Cn1c(=O)n(Cc2ccncc2)c(=O)c2ncccc21)c1ccc(Cl)cc1. The van der Waals surface area contributed by atoms with Gasteiger partial charge in [-0.25, -0.2) is 9.78 Å². The summed E-state index contributed by atoms with van der Waals surface area (Å²) in [4.78, 5) is 46.8. The maximum Gasteiger partial charge on any atom is 0.332 e. The van der Waals surface area contributed by atoms with E-state index in [9.17, 15) is 14.4 Å². The summed E-state index contributed by atoms with van der Waals surface area (Å²) in [5.74, 6) is -0.275. The fourth-order valence-corrected chi connectivity index (χ4v) is 3.20. The highest BCUT2D eigenvalue weighted by atomic mass is 35.5. The summed E-state index contributed by atoms with van der Waals surface area (Å²) in [6, 6.07) is 13.1. The quantitative estimate of drug-likeness (QED) is 0.475. The van der Waals surface area contributed by atoms with Gasteiger partial charge >= 0.3 is 5.69 Å². The van der Waals surface area contributed by atoms with E-state index >= 15 is 0 Å². The minimum atomic E-state index is -0.574. The lowest BCUT2D eigenvalue weighted by Gasteiger charge is -2.13. The Hall–Kier alpha value is -3.58. The molecular formula is C21H15ClN4O3. The fourth-order valence-electron chi connectivity index (χ4n) is 3.08. The lowest BCUT2D eigenvalue weighted by atomic mass is 10.1. The van der Waals surface area contributed by atoms with Crippen LogP contribution in [-0.2, 0) is 13.1 Å². The van der Waals surface area contributed by atoms with E-state index in [0.29, 0.717) is 16.1 Å². The summed E-state index contributed by atoms with van der Waals surface area (Å²) in [6.07, 6.45) is 4.65. The number of hydrogen-bond donors (Lipinski definition) is 0. The van der Waals surface area contributed by atoms with Crippen molar-refractivity contribution in [1.82, 2.24) is 19.1 Å². The van der Waals surface area contributed by atoms with Gasteiger partial charge in [-0.1, -0.05) is 11.6 Å². The molecule has 0 aliphatic rings. The Morgan fingerprint density at radius 1 is 0.931 bits per heavy atom. The standard InChI is InChI=1S/C21H15ClN4O3/c22-16-5-3-15(4-6-16)18(27)13-25-17-2-1-9-24-19(17)20(28)26(21(25)29)12-14-7-10-23-11-8-14/h1-11H,12-13H2. The van der Waals surface area contributed by atoms with Gasteiger partial charge in [-0.15, -0.1) is 0 Å². The van der Waals surface area contributed by atoms with Gasteiger partial charge < -0.3 is 0 Å². The molecule has 0 saturated carbocycles. The number of nitrogens with zero attached hydrogens (tertiary/aromatic N) is 4. The molecule has 4 rings (SSSR count). The smallest absolute Gasteiger partial charge is 0.292 e. The molecule has 29 heavy (non-hydrogen) atoms. The molecule has 0 unspecified atom stereocenters. The monoisotopic (exact) mass is 406 g/mol. The average Bonchev–Trinajstić information content (AvgIpc) is 2.75. The average molecular weight is 407 g/mol. The molecule has 0 bridgehead atoms. The van der Waals surface area contributed by atoms with E-state index < -0.39 is 11.2 Å². The van der Waals surface area contributed by atoms with Crippen molar-refractivity contribution in [3.63, 3.8) is 0 Å². The van der Waals surface area contributed by atoms with Crippen molar-refractivity contribution >= 4 is 28.4 Å². The fraction of sp³-hybridized carbons (Fsp3) is 0.0952. The zero-order chi connectivity index (χ0) is 20.4. The van der Waals surface area contributed by atoms with Crippen LogP contribution in [0.3, 0.4) is 0 Å². The van der Waals surface area contributed by atoms with Gasteiger partial charge in [0.25, 0.3) is 5.56 Å². The molecule has 3 aromatic heterocycles. The van der Waals surface area contributed by atoms with E-state index in [1.54, 1.807) is 60.9 Å². The summed E-state index contributed by atoms with van der Waals surface area (Å²) in [5, 5.41) is 0.513. The maximum atomic E-state index is 13.1. The van der Waals surface area contributed by atoms with Crippen molar-refractivity contribution in [3.8, 4) is 0 Å². The van der Waals surface area contributed by atoms with Crippen molar-refractivity contribution in [2.24, 2.45) is 0 Å². The molecule has 0 aliphatic heterocycles. The van der Waals surface area contributed by atoms with Gasteiger partial charge in [0.05, 0.1) is 18.6 Å². The summed E-state index contributed by atoms with van der Waals surface area (Å²) < 4.78 is 2.36. The molecule has 0 saturated heterocycles. The van der Waals surface area contributed by atoms with E-state index in [4.69, 9.17) is 11.6 Å². The Morgan fingerprint density at radius 2 is 1.66 bits per heavy atom. The Bertz CT molecular complexity index is 1310. The number of ketones is 1. The zero-order valence-corrected chi connectivity index (χ0v) is 15.9. The van der Waals surface area contributed by atoms with Gasteiger partial charge in [-0.05, 0) is 54.1 Å². The van der Waals surface area contributed by atoms with Crippen molar-refractivity contribution in [3.05, 3.63) is 104 Å². The number of fused-ring (bicyclic) bond motifs is 1. The Labute approximate surface area is 169 Å². The molecule has 1 aromatic carbocycles. The van der Waals surface area contributed by atoms with Gasteiger partial charge in [-0.2, -0.15) is 0 Å². The largest absolute Gasteiger partial charge is 0.332 e. The first-order valence-electron chi connectivity index (χ1n) is 8.80. The first-order valence-corrected chi connectivity index (χ1v) is 9.18. The summed E-state index contributed by atoms with van der Waals surface area (Å²) in [5.41, 5.74) is 0.531. The number of carbonyl (C=O) groups is 1. The number of carbonyl (C=O) groups excluding carboxylic acids is 1. The van der Waals surface area contributed by atoms with Gasteiger partial charge in [0.2, 0.25) is 0 Å². The molecule has 144 valence electrons. The second-order valence-corrected chi connectivity index (χ2v) is 6.85. The molecule has 3 heterocycles. The van der Waals surface area contributed by atoms with Crippen LogP contribution in [0.2, 0.25) is 5.02 Å². The third kappa shape index (κ3) is 3.72. The molecule has 0 spiro atoms. The van der Waals surface area contributed by atoms with Crippen molar-refractivity contribution in [1.29, 1.82) is 0 Å². The molecule has 0 atom stereocenters. The minimum Gasteiger partial charge on any atom is -0.292 e. The Balaban J connectivity index is 1.84. The Morgan fingerprint density at radius 3 is 2.38 bits per heavy atom. The number of Topliss-reactive ketones (excluding diaryl/α,β-unsaturated/α-hetero) is 1. The first kappa shape index (κ1) is 18.8. The molecule has 4 aromatic rings. The van der Waals surface area contributed by atoms with Gasteiger partial charge in [0.15, 0.2) is 11.3 Å². The highest BCUT2D eigenvalue weighted by Gasteiger charge is 2.17. The molecular weight excluding hydrogens is 392 g/mol. The summed E-state index contributed by atoms with van der Waals surface area (Å²) >= 11 is 5.88. The normalized spacial score (nSPS) is 10.9. The Kier molecular flexibility index (Phi) is 5.05. The van der Waals surface area contributed by atoms with Crippen molar-refractivity contribution < 1.29 is 4.79 Å². The van der Waals surface area contributed by atoms with E-state index in [0.717, 1.165) is 10.1 Å². The second-order valence-electron chi connectivity index (χ2n) is 6.42. The van der Waals surface area contributed by atoms with Crippen LogP contribution in [0.1, 0.15) is 15.9 Å². The minimum absolute atomic E-state index is 0.0574. The van der Waals surface area contributed by atoms with Crippen LogP contribution in [0, 0.1) is 0 Å². The topological polar surface area (TPSA) is 86.9 Å². The third-order valence-electron chi connectivity index (χ3n) is 4.54. The molecule has 0 fully saturated rings. The van der Waals surface area contributed by atoms with Crippen LogP contribution in [0.4, 0.5) is 0 Å². The van der Waals surface area contributed by atoms with Crippen LogP contribution >= 0.6 is 11.6 Å². The van der Waals surface area contributed by atoms with Crippen LogP contribution in [0.25, 0.3) is 11.0 Å². The van der Waals surface area contributed by atoms with Crippen LogP contribution in [0.15, 0.2) is 76.7 Å². The lowest BCUT2D eigenvalue weighted by molar-refractivity contribution is 0.0971. The third-order valence-corrected chi connectivity index (χ3v) is 4.80. The molecule has 8 heteroatoms. The van der Waals surface area contributed by atoms with E-state index in [-0.39, 0.29) is 24.4 Å². The van der Waals surface area contributed by atoms with Gasteiger partial charge in [0, 0.05) is 29.2 Å². The van der Waals surface area contributed by atoms with Crippen LogP contribution < -0.4 is 11.2 Å². The number of rotatable bonds is 5. The zero-order valence-electron chi connectivity index (χ0n) is 15.2. The number of halogens is 1. The van der Waals surface area contributed by atoms with Gasteiger partial charge in [0.1, 0.15) is 0 Å². The maximum absolute atomic E-state index is 13.1.